The van der Waals surface area contributed by atoms with Crippen LogP contribution >= 0.6 is 0 Å². The maximum absolute atomic E-state index is 11.1. The van der Waals surface area contributed by atoms with Crippen molar-refractivity contribution >= 4 is 23.3 Å². The molecule has 0 radical (unpaired) electrons. The van der Waals surface area contributed by atoms with E-state index >= 15 is 0 Å². The van der Waals surface area contributed by atoms with Gasteiger partial charge >= 0.3 is 11.9 Å². The van der Waals surface area contributed by atoms with Gasteiger partial charge in [-0.25, -0.2) is 9.59 Å². The van der Waals surface area contributed by atoms with Gasteiger partial charge in [0.15, 0.2) is 0 Å². The van der Waals surface area contributed by atoms with Crippen LogP contribution in [0.1, 0.15) is 118 Å². The first-order chi connectivity index (χ1) is 17.3. The summed E-state index contributed by atoms with van der Waals surface area (Å²) in [5, 5.41) is 21.4. The molecule has 0 heterocycles. The second-order valence-electron chi connectivity index (χ2n) is 9.37. The first-order valence-corrected chi connectivity index (χ1v) is 13.5. The van der Waals surface area contributed by atoms with Crippen LogP contribution in [0.4, 0.5) is 11.4 Å². The molecule has 0 aliphatic heterocycles. The Labute approximate surface area is 217 Å². The molecular formula is C30H46N2O4. The highest BCUT2D eigenvalue weighted by Gasteiger charge is 2.13. The van der Waals surface area contributed by atoms with Crippen molar-refractivity contribution in [3.8, 4) is 0 Å². The number of carbonyl (C=O) groups is 2. The predicted octanol–water partition coefficient (Wildman–Crippen LogP) is 8.03. The Kier molecular flexibility index (Phi) is 15.7. The zero-order chi connectivity index (χ0) is 26.8. The van der Waals surface area contributed by atoms with Gasteiger partial charge in [0.05, 0.1) is 11.1 Å². The number of nitrogens with one attached hydrogen (secondary N) is 1. The third kappa shape index (κ3) is 12.1. The van der Waals surface area contributed by atoms with Crippen LogP contribution in [-0.2, 0) is 6.42 Å². The lowest BCUT2D eigenvalue weighted by Gasteiger charge is -2.20. The third-order valence-electron chi connectivity index (χ3n) is 6.23. The maximum Gasteiger partial charge on any atom is 0.337 e. The van der Waals surface area contributed by atoms with E-state index in [0.717, 1.165) is 43.4 Å². The summed E-state index contributed by atoms with van der Waals surface area (Å²) in [4.78, 5) is 21.9. The van der Waals surface area contributed by atoms with Gasteiger partial charge in [0.25, 0.3) is 0 Å². The molecule has 1 unspecified atom stereocenters. The summed E-state index contributed by atoms with van der Waals surface area (Å²) in [5.41, 5.74) is 8.50. The van der Waals surface area contributed by atoms with Crippen LogP contribution in [0.3, 0.4) is 0 Å². The number of para-hydroxylation sites is 1. The molecule has 2 aromatic rings. The Balaban J connectivity index is 0.000000360. The summed E-state index contributed by atoms with van der Waals surface area (Å²) in [6.45, 7) is 6.55. The van der Waals surface area contributed by atoms with Crippen molar-refractivity contribution in [3.63, 3.8) is 0 Å². The molecule has 200 valence electrons. The summed E-state index contributed by atoms with van der Waals surface area (Å²) in [6.07, 6.45) is 14.2. The predicted molar refractivity (Wildman–Crippen MR) is 150 cm³/mol. The number of rotatable bonds is 16. The minimum absolute atomic E-state index is 0.196. The summed E-state index contributed by atoms with van der Waals surface area (Å²) >= 11 is 0. The van der Waals surface area contributed by atoms with Gasteiger partial charge in [-0.15, -0.1) is 0 Å². The average molecular weight is 499 g/mol. The molecule has 36 heavy (non-hydrogen) atoms. The minimum Gasteiger partial charge on any atom is -0.478 e. The maximum atomic E-state index is 11.1. The Morgan fingerprint density at radius 1 is 0.778 bits per heavy atom. The van der Waals surface area contributed by atoms with Crippen LogP contribution in [0.5, 0.6) is 0 Å². The second-order valence-corrected chi connectivity index (χ2v) is 9.37. The fraction of sp³-hybridized carbons (Fsp3) is 0.533. The fourth-order valence-corrected chi connectivity index (χ4v) is 4.17. The molecule has 0 saturated heterocycles. The standard InChI is InChI=1S/2C15H23NO2/c1-3-5-9-12(8-4-2)16-14-11-7-6-10-13(14)15(17)18;1-2-3-4-5-6-7-8-12-9-10-13(15(17)18)14(16)11-12/h6-7,10-12,16H,3-5,8-9H2,1-2H3,(H,17,18);9-11H,2-8,16H2,1H3,(H,17,18). The molecule has 5 N–H and O–H groups in total. The lowest BCUT2D eigenvalue weighted by Crippen LogP contribution is -2.20. The number of nitrogen functional groups attached to an aromatic ring is 1. The first kappa shape index (κ1) is 31.0. The van der Waals surface area contributed by atoms with Gasteiger partial charge in [0.2, 0.25) is 0 Å². The molecule has 0 spiro atoms. The number of carboxylic acids is 2. The van der Waals surface area contributed by atoms with E-state index in [-0.39, 0.29) is 5.56 Å². The minimum atomic E-state index is -0.960. The highest BCUT2D eigenvalue weighted by Crippen LogP contribution is 2.20. The normalized spacial score (nSPS) is 11.3. The van der Waals surface area contributed by atoms with Crippen LogP contribution < -0.4 is 11.1 Å². The van der Waals surface area contributed by atoms with E-state index in [1.54, 1.807) is 24.3 Å². The zero-order valence-corrected chi connectivity index (χ0v) is 22.4. The molecule has 2 rings (SSSR count). The number of hydrogen-bond donors (Lipinski definition) is 4. The second kappa shape index (κ2) is 18.3. The summed E-state index contributed by atoms with van der Waals surface area (Å²) in [5.74, 6) is -1.83. The van der Waals surface area contributed by atoms with E-state index in [1.165, 1.54) is 44.9 Å². The SMILES string of the molecule is CCCCC(CCC)Nc1ccccc1C(=O)O.CCCCCCCCc1ccc(C(=O)O)c(N)c1. The van der Waals surface area contributed by atoms with Crippen LogP contribution in [-0.4, -0.2) is 28.2 Å². The summed E-state index contributed by atoms with van der Waals surface area (Å²) in [7, 11) is 0. The lowest BCUT2D eigenvalue weighted by molar-refractivity contribution is 0.0687. The van der Waals surface area contributed by atoms with Crippen LogP contribution in [0.2, 0.25) is 0 Å². The molecular weight excluding hydrogens is 452 g/mol. The van der Waals surface area contributed by atoms with Crippen molar-refractivity contribution in [2.45, 2.75) is 104 Å². The van der Waals surface area contributed by atoms with Crippen LogP contribution in [0.15, 0.2) is 42.5 Å². The smallest absolute Gasteiger partial charge is 0.337 e. The first-order valence-electron chi connectivity index (χ1n) is 13.5. The highest BCUT2D eigenvalue weighted by atomic mass is 16.4. The Hall–Kier alpha value is -3.02. The van der Waals surface area contributed by atoms with Crippen LogP contribution in [0.25, 0.3) is 0 Å². The van der Waals surface area contributed by atoms with E-state index in [0.29, 0.717) is 17.3 Å². The van der Waals surface area contributed by atoms with E-state index in [2.05, 4.69) is 26.1 Å². The monoisotopic (exact) mass is 498 g/mol. The van der Waals surface area contributed by atoms with Crippen LogP contribution in [0, 0.1) is 0 Å². The van der Waals surface area contributed by atoms with Gasteiger partial charge in [-0.05, 0) is 55.5 Å². The molecule has 6 heteroatoms. The lowest BCUT2D eigenvalue weighted by atomic mass is 10.0. The van der Waals surface area contributed by atoms with Gasteiger partial charge in [0, 0.05) is 17.4 Å². The van der Waals surface area contributed by atoms with Crippen molar-refractivity contribution in [1.82, 2.24) is 0 Å². The number of aromatic carboxylic acids is 2. The van der Waals surface area contributed by atoms with E-state index in [1.807, 2.05) is 18.2 Å². The Bertz CT molecular complexity index is 914. The molecule has 0 saturated carbocycles. The number of aryl methyl sites for hydroxylation is 1. The van der Waals surface area contributed by atoms with Gasteiger partial charge in [-0.1, -0.05) is 90.3 Å². The Morgan fingerprint density at radius 3 is 2.03 bits per heavy atom. The van der Waals surface area contributed by atoms with Gasteiger partial charge in [0.1, 0.15) is 0 Å². The van der Waals surface area contributed by atoms with Crippen molar-refractivity contribution in [3.05, 3.63) is 59.2 Å². The molecule has 2 aromatic carbocycles. The summed E-state index contributed by atoms with van der Waals surface area (Å²) < 4.78 is 0. The van der Waals surface area contributed by atoms with Gasteiger partial charge in [-0.2, -0.15) is 0 Å². The zero-order valence-electron chi connectivity index (χ0n) is 22.4. The van der Waals surface area contributed by atoms with Crippen molar-refractivity contribution in [1.29, 1.82) is 0 Å². The van der Waals surface area contributed by atoms with E-state index in [4.69, 9.17) is 15.9 Å². The molecule has 1 atom stereocenters. The van der Waals surface area contributed by atoms with Crippen molar-refractivity contribution < 1.29 is 19.8 Å². The van der Waals surface area contributed by atoms with E-state index in [9.17, 15) is 9.59 Å². The highest BCUT2D eigenvalue weighted by molar-refractivity contribution is 5.94. The quantitative estimate of drug-likeness (QED) is 0.138. The molecule has 0 aliphatic carbocycles. The number of unbranched alkanes of at least 4 members (excludes halogenated alkanes) is 6. The molecule has 0 aromatic heterocycles. The number of hydrogen-bond acceptors (Lipinski definition) is 4. The molecule has 0 fully saturated rings. The molecule has 0 amide bonds. The third-order valence-corrected chi connectivity index (χ3v) is 6.23. The molecule has 0 bridgehead atoms. The number of anilines is 2. The fourth-order valence-electron chi connectivity index (χ4n) is 4.17. The van der Waals surface area contributed by atoms with Crippen molar-refractivity contribution in [2.75, 3.05) is 11.1 Å². The summed E-state index contributed by atoms with van der Waals surface area (Å²) in [6, 6.07) is 12.7. The van der Waals surface area contributed by atoms with E-state index < -0.39 is 11.9 Å². The molecule has 6 nitrogen and oxygen atoms in total. The average Bonchev–Trinajstić information content (AvgIpc) is 2.85. The topological polar surface area (TPSA) is 113 Å². The van der Waals surface area contributed by atoms with Crippen molar-refractivity contribution in [2.24, 2.45) is 0 Å². The number of carboxylic acid groups (broad SMARTS) is 2. The number of nitrogens with two attached hydrogens (primary N) is 1. The van der Waals surface area contributed by atoms with Gasteiger partial charge in [-0.3, -0.25) is 0 Å². The Morgan fingerprint density at radius 2 is 1.42 bits per heavy atom. The van der Waals surface area contributed by atoms with Gasteiger partial charge < -0.3 is 21.3 Å². The molecule has 0 aliphatic rings. The number of benzene rings is 2. The largest absolute Gasteiger partial charge is 0.478 e.